The number of nitrogens with one attached hydrogen (secondary N) is 1. The van der Waals surface area contributed by atoms with Gasteiger partial charge in [0.05, 0.1) is 0 Å². The third kappa shape index (κ3) is 3.16. The van der Waals surface area contributed by atoms with Gasteiger partial charge in [0.25, 0.3) is 0 Å². The molecule has 0 saturated heterocycles. The van der Waals surface area contributed by atoms with Gasteiger partial charge in [0.2, 0.25) is 0 Å². The number of para-hydroxylation sites is 2. The summed E-state index contributed by atoms with van der Waals surface area (Å²) in [5.74, 6) is 0. The minimum absolute atomic E-state index is 0.150. The first-order valence-corrected chi connectivity index (χ1v) is 9.60. The van der Waals surface area contributed by atoms with E-state index in [2.05, 4.69) is 92.1 Å². The lowest BCUT2D eigenvalue weighted by Gasteiger charge is -2.22. The minimum atomic E-state index is -0.150. The van der Waals surface area contributed by atoms with Crippen LogP contribution in [0, 0.1) is 10.8 Å². The van der Waals surface area contributed by atoms with Gasteiger partial charge in [-0.25, -0.2) is 0 Å². The summed E-state index contributed by atoms with van der Waals surface area (Å²) in [6.45, 7) is 7.24. The predicted octanol–water partition coefficient (Wildman–Crippen LogP) is 6.45. The molecule has 0 saturated carbocycles. The first kappa shape index (κ1) is 17.5. The Morgan fingerprint density at radius 3 is 1.89 bits per heavy atom. The van der Waals surface area contributed by atoms with Crippen LogP contribution in [0.5, 0.6) is 0 Å². The van der Waals surface area contributed by atoms with Gasteiger partial charge in [-0.3, -0.25) is 0 Å². The monoisotopic (exact) mass is 354 g/mol. The average Bonchev–Trinajstić information content (AvgIpc) is 2.99. The van der Waals surface area contributed by atoms with Gasteiger partial charge in [-0.2, -0.15) is 0 Å². The molecular formula is C25H26N2. The van der Waals surface area contributed by atoms with Gasteiger partial charge in [-0.15, -0.1) is 0 Å². The van der Waals surface area contributed by atoms with Crippen LogP contribution in [0.2, 0.25) is 0 Å². The van der Waals surface area contributed by atoms with E-state index in [1.54, 1.807) is 0 Å². The normalized spacial score (nSPS) is 12.0. The molecule has 2 nitrogen and oxygen atoms in total. The van der Waals surface area contributed by atoms with Crippen LogP contribution in [-0.4, -0.2) is 10.3 Å². The predicted molar refractivity (Wildman–Crippen MR) is 116 cm³/mol. The summed E-state index contributed by atoms with van der Waals surface area (Å²) < 4.78 is 2.42. The van der Waals surface area contributed by atoms with Gasteiger partial charge >= 0.3 is 0 Å². The fraction of sp³-hybridized carbons (Fsp3) is 0.240. The molecule has 0 radical (unpaired) electrons. The van der Waals surface area contributed by atoms with Gasteiger partial charge in [-0.1, -0.05) is 81.4 Å². The molecular weight excluding hydrogens is 328 g/mol. The molecule has 3 aromatic carbocycles. The quantitative estimate of drug-likeness (QED) is 0.408. The Kier molecular flexibility index (Phi) is 4.35. The highest BCUT2D eigenvalue weighted by molar-refractivity contribution is 6.08. The second kappa shape index (κ2) is 6.70. The zero-order chi connectivity index (χ0) is 19.0. The number of fused-ring (bicyclic) bond motifs is 3. The Morgan fingerprint density at radius 1 is 0.778 bits per heavy atom. The van der Waals surface area contributed by atoms with Crippen LogP contribution in [-0.2, 0) is 13.0 Å². The van der Waals surface area contributed by atoms with Crippen LogP contribution in [0.3, 0.4) is 0 Å². The van der Waals surface area contributed by atoms with Crippen molar-refractivity contribution in [2.75, 3.05) is 0 Å². The Balaban J connectivity index is 1.74. The van der Waals surface area contributed by atoms with E-state index in [1.165, 1.54) is 27.4 Å². The summed E-state index contributed by atoms with van der Waals surface area (Å²) in [6.07, 6.45) is 0.914. The number of hydrogen-bond donors (Lipinski definition) is 1. The minimum Gasteiger partial charge on any atom is -0.340 e. The molecule has 2 heteroatoms. The van der Waals surface area contributed by atoms with Gasteiger partial charge in [-0.05, 0) is 29.7 Å². The lowest BCUT2D eigenvalue weighted by molar-refractivity contribution is 0.587. The van der Waals surface area contributed by atoms with Crippen LogP contribution in [0.4, 0.5) is 0 Å². The maximum Gasteiger partial charge on any atom is 0.0491 e. The molecule has 0 bridgehead atoms. The molecule has 1 N–H and O–H groups in total. The number of rotatable bonds is 4. The molecule has 27 heavy (non-hydrogen) atoms. The number of benzene rings is 3. The van der Waals surface area contributed by atoms with E-state index in [0.29, 0.717) is 5.71 Å². The SMILES string of the molecule is CC(C)(C)C(=N)c1ccccc1CCn1c2ccccc2c2ccccc21. The number of aromatic nitrogens is 1. The molecule has 0 fully saturated rings. The lowest BCUT2D eigenvalue weighted by atomic mass is 9.83. The Labute approximate surface area is 161 Å². The second-order valence-electron chi connectivity index (χ2n) is 8.22. The Morgan fingerprint density at radius 2 is 1.30 bits per heavy atom. The molecule has 1 aromatic heterocycles. The highest BCUT2D eigenvalue weighted by Crippen LogP contribution is 2.29. The molecule has 0 aliphatic heterocycles. The molecule has 0 atom stereocenters. The standard InChI is InChI=1S/C25H26N2/c1-25(2,3)24(26)19-11-5-4-10-18(19)16-17-27-22-14-8-6-12-20(22)21-13-7-9-15-23(21)27/h4-15,26H,16-17H2,1-3H3. The van der Waals surface area contributed by atoms with Crippen LogP contribution in [0.25, 0.3) is 21.8 Å². The number of nitrogens with zero attached hydrogens (tertiary/aromatic N) is 1. The number of hydrogen-bond acceptors (Lipinski definition) is 1. The molecule has 1 heterocycles. The van der Waals surface area contributed by atoms with Crippen molar-refractivity contribution in [1.29, 1.82) is 5.41 Å². The molecule has 0 spiro atoms. The Hall–Kier alpha value is -2.87. The van der Waals surface area contributed by atoms with Crippen molar-refractivity contribution in [2.45, 2.75) is 33.7 Å². The summed E-state index contributed by atoms with van der Waals surface area (Å²) >= 11 is 0. The summed E-state index contributed by atoms with van der Waals surface area (Å²) in [5, 5.41) is 11.2. The van der Waals surface area contributed by atoms with Crippen LogP contribution in [0.1, 0.15) is 31.9 Å². The number of aryl methyl sites for hydroxylation is 2. The first-order chi connectivity index (χ1) is 13.0. The third-order valence-corrected chi connectivity index (χ3v) is 5.32. The molecule has 0 amide bonds. The van der Waals surface area contributed by atoms with E-state index in [9.17, 15) is 0 Å². The van der Waals surface area contributed by atoms with E-state index in [1.807, 2.05) is 6.07 Å². The smallest absolute Gasteiger partial charge is 0.0491 e. The van der Waals surface area contributed by atoms with Crippen molar-refractivity contribution in [3.63, 3.8) is 0 Å². The maximum absolute atomic E-state index is 8.63. The highest BCUT2D eigenvalue weighted by Gasteiger charge is 2.21. The molecule has 0 aliphatic carbocycles. The van der Waals surface area contributed by atoms with Crippen molar-refractivity contribution in [3.05, 3.63) is 83.9 Å². The molecule has 0 aliphatic rings. The largest absolute Gasteiger partial charge is 0.340 e. The second-order valence-corrected chi connectivity index (χ2v) is 8.22. The van der Waals surface area contributed by atoms with Crippen LogP contribution in [0.15, 0.2) is 72.8 Å². The summed E-state index contributed by atoms with van der Waals surface area (Å²) in [4.78, 5) is 0. The lowest BCUT2D eigenvalue weighted by Crippen LogP contribution is -2.22. The Bertz CT molecular complexity index is 1070. The topological polar surface area (TPSA) is 28.8 Å². The fourth-order valence-electron chi connectivity index (χ4n) is 3.86. The van der Waals surface area contributed by atoms with Crippen molar-refractivity contribution >= 4 is 27.5 Å². The van der Waals surface area contributed by atoms with Crippen molar-refractivity contribution in [3.8, 4) is 0 Å². The van der Waals surface area contributed by atoms with Crippen molar-refractivity contribution in [1.82, 2.24) is 4.57 Å². The van der Waals surface area contributed by atoms with Gasteiger partial charge < -0.3 is 9.98 Å². The maximum atomic E-state index is 8.63. The highest BCUT2D eigenvalue weighted by atomic mass is 15.0. The molecule has 4 aromatic rings. The first-order valence-electron chi connectivity index (χ1n) is 9.60. The zero-order valence-corrected chi connectivity index (χ0v) is 16.3. The molecule has 4 rings (SSSR count). The van der Waals surface area contributed by atoms with E-state index < -0.39 is 0 Å². The van der Waals surface area contributed by atoms with Crippen molar-refractivity contribution < 1.29 is 0 Å². The van der Waals surface area contributed by atoms with Crippen LogP contribution < -0.4 is 0 Å². The van der Waals surface area contributed by atoms with E-state index >= 15 is 0 Å². The van der Waals surface area contributed by atoms with E-state index in [-0.39, 0.29) is 5.41 Å². The van der Waals surface area contributed by atoms with E-state index in [0.717, 1.165) is 18.5 Å². The average molecular weight is 354 g/mol. The van der Waals surface area contributed by atoms with Gasteiger partial charge in [0.1, 0.15) is 0 Å². The summed E-state index contributed by atoms with van der Waals surface area (Å²) in [6, 6.07) is 25.7. The third-order valence-electron chi connectivity index (χ3n) is 5.32. The summed E-state index contributed by atoms with van der Waals surface area (Å²) in [5.41, 5.74) is 5.44. The van der Waals surface area contributed by atoms with Gasteiger partial charge in [0, 0.05) is 39.5 Å². The van der Waals surface area contributed by atoms with Crippen LogP contribution >= 0.6 is 0 Å². The molecule has 136 valence electrons. The van der Waals surface area contributed by atoms with Gasteiger partial charge in [0.15, 0.2) is 0 Å². The summed E-state index contributed by atoms with van der Waals surface area (Å²) in [7, 11) is 0. The zero-order valence-electron chi connectivity index (χ0n) is 16.3. The van der Waals surface area contributed by atoms with Crippen molar-refractivity contribution in [2.24, 2.45) is 5.41 Å². The molecule has 0 unspecified atom stereocenters. The fourth-order valence-corrected chi connectivity index (χ4v) is 3.86. The van der Waals surface area contributed by atoms with E-state index in [4.69, 9.17) is 5.41 Å².